The van der Waals surface area contributed by atoms with E-state index in [2.05, 4.69) is 0 Å². The molecule has 0 bridgehead atoms. The normalized spacial score (nSPS) is 53.8. The second-order valence-electron chi connectivity index (χ2n) is 3.60. The van der Waals surface area contributed by atoms with Crippen molar-refractivity contribution >= 4 is 17.6 Å². The highest BCUT2D eigenvalue weighted by molar-refractivity contribution is 6.25. The van der Waals surface area contributed by atoms with Crippen molar-refractivity contribution in [3.05, 3.63) is 0 Å². The number of hydrogen-bond donors (Lipinski definition) is 1. The van der Waals surface area contributed by atoms with Crippen LogP contribution in [0.2, 0.25) is 0 Å². The number of rotatable bonds is 1. The van der Waals surface area contributed by atoms with Crippen molar-refractivity contribution in [2.24, 2.45) is 11.3 Å². The lowest BCUT2D eigenvalue weighted by Gasteiger charge is -2.33. The van der Waals surface area contributed by atoms with Crippen molar-refractivity contribution in [3.8, 4) is 0 Å². The van der Waals surface area contributed by atoms with Gasteiger partial charge in [-0.3, -0.25) is 4.79 Å². The van der Waals surface area contributed by atoms with Crippen LogP contribution in [0.3, 0.4) is 0 Å². The van der Waals surface area contributed by atoms with Crippen LogP contribution < -0.4 is 0 Å². The first-order valence-corrected chi connectivity index (χ1v) is 3.95. The third-order valence-electron chi connectivity index (χ3n) is 2.83. The molecule has 0 aromatic rings. The SMILES string of the molecule is O=C(O)C1CC2(C1)CC2(F)Cl. The maximum Gasteiger partial charge on any atom is 0.306 e. The number of carbonyl (C=O) groups is 1. The smallest absolute Gasteiger partial charge is 0.306 e. The van der Waals surface area contributed by atoms with E-state index in [9.17, 15) is 9.18 Å². The molecule has 4 heteroatoms. The highest BCUT2D eigenvalue weighted by atomic mass is 35.5. The van der Waals surface area contributed by atoms with Crippen molar-refractivity contribution in [3.63, 3.8) is 0 Å². The molecular weight excluding hydrogens is 171 g/mol. The first-order chi connectivity index (χ1) is 4.97. The Morgan fingerprint density at radius 3 is 2.36 bits per heavy atom. The Morgan fingerprint density at radius 2 is 2.09 bits per heavy atom. The van der Waals surface area contributed by atoms with Gasteiger partial charge < -0.3 is 5.11 Å². The minimum Gasteiger partial charge on any atom is -0.481 e. The summed E-state index contributed by atoms with van der Waals surface area (Å²) in [5.41, 5.74) is -0.461. The molecule has 1 N–H and O–H groups in total. The van der Waals surface area contributed by atoms with Crippen LogP contribution in [0.5, 0.6) is 0 Å². The van der Waals surface area contributed by atoms with E-state index in [0.717, 1.165) is 0 Å². The zero-order valence-corrected chi connectivity index (χ0v) is 6.57. The predicted octanol–water partition coefficient (Wildman–Crippen LogP) is 1.78. The second kappa shape index (κ2) is 1.71. The third kappa shape index (κ3) is 0.804. The van der Waals surface area contributed by atoms with Gasteiger partial charge in [0.2, 0.25) is 0 Å². The van der Waals surface area contributed by atoms with Crippen molar-refractivity contribution in [1.82, 2.24) is 0 Å². The summed E-state index contributed by atoms with van der Waals surface area (Å²) in [6, 6.07) is 0. The molecule has 2 rings (SSSR count). The van der Waals surface area contributed by atoms with Crippen LogP contribution in [0.25, 0.3) is 0 Å². The highest BCUT2D eigenvalue weighted by Gasteiger charge is 2.74. The van der Waals surface area contributed by atoms with Crippen molar-refractivity contribution < 1.29 is 14.3 Å². The Bertz CT molecular complexity index is 220. The third-order valence-corrected chi connectivity index (χ3v) is 3.37. The molecule has 2 nitrogen and oxygen atoms in total. The molecule has 0 aliphatic heterocycles. The van der Waals surface area contributed by atoms with E-state index >= 15 is 0 Å². The fraction of sp³-hybridized carbons (Fsp3) is 0.857. The maximum absolute atomic E-state index is 12.9. The number of carboxylic acids is 1. The van der Waals surface area contributed by atoms with Gasteiger partial charge >= 0.3 is 5.97 Å². The summed E-state index contributed by atoms with van der Waals surface area (Å²) >= 11 is 5.41. The van der Waals surface area contributed by atoms with E-state index in [-0.39, 0.29) is 5.92 Å². The van der Waals surface area contributed by atoms with E-state index in [1.165, 1.54) is 0 Å². The summed E-state index contributed by atoms with van der Waals surface area (Å²) in [7, 11) is 0. The number of aliphatic carboxylic acids is 1. The summed E-state index contributed by atoms with van der Waals surface area (Å²) in [4.78, 5) is 10.3. The highest BCUT2D eigenvalue weighted by Crippen LogP contribution is 2.73. The van der Waals surface area contributed by atoms with Crippen LogP contribution in [0.15, 0.2) is 0 Å². The van der Waals surface area contributed by atoms with Gasteiger partial charge in [-0.1, -0.05) is 11.6 Å². The Labute approximate surface area is 68.3 Å². The van der Waals surface area contributed by atoms with E-state index in [0.29, 0.717) is 19.3 Å². The largest absolute Gasteiger partial charge is 0.481 e. The lowest BCUT2D eigenvalue weighted by molar-refractivity contribution is -0.147. The van der Waals surface area contributed by atoms with E-state index < -0.39 is 16.5 Å². The predicted molar refractivity (Wildman–Crippen MR) is 37.1 cm³/mol. The standard InChI is InChI=1S/C7H8ClFO2/c8-7(9)3-6(7)1-4(2-6)5(10)11/h4H,1-3H2,(H,10,11). The average Bonchev–Trinajstić information content (AvgIpc) is 2.29. The topological polar surface area (TPSA) is 37.3 Å². The van der Waals surface area contributed by atoms with E-state index in [1.807, 2.05) is 0 Å². The fourth-order valence-electron chi connectivity index (χ4n) is 1.88. The maximum atomic E-state index is 12.9. The van der Waals surface area contributed by atoms with Crippen molar-refractivity contribution in [1.29, 1.82) is 0 Å². The minimum absolute atomic E-state index is 0.339. The lowest BCUT2D eigenvalue weighted by atomic mass is 9.72. The molecule has 1 unspecified atom stereocenters. The molecule has 62 valence electrons. The van der Waals surface area contributed by atoms with Crippen LogP contribution in [0.4, 0.5) is 4.39 Å². The van der Waals surface area contributed by atoms with Gasteiger partial charge in [-0.15, -0.1) is 0 Å². The first-order valence-electron chi connectivity index (χ1n) is 3.58. The molecule has 0 aromatic heterocycles. The van der Waals surface area contributed by atoms with Gasteiger partial charge in [0.15, 0.2) is 5.13 Å². The van der Waals surface area contributed by atoms with Gasteiger partial charge in [0.05, 0.1) is 5.92 Å². The zero-order chi connectivity index (χ0) is 8.28. The Kier molecular flexibility index (Phi) is 1.14. The van der Waals surface area contributed by atoms with Crippen LogP contribution in [0.1, 0.15) is 19.3 Å². The summed E-state index contributed by atoms with van der Waals surface area (Å²) in [5.74, 6) is -1.18. The number of alkyl halides is 2. The fourth-order valence-corrected chi connectivity index (χ4v) is 2.29. The molecule has 2 fully saturated rings. The Morgan fingerprint density at radius 1 is 1.64 bits per heavy atom. The van der Waals surface area contributed by atoms with Gasteiger partial charge in [0.1, 0.15) is 0 Å². The monoisotopic (exact) mass is 178 g/mol. The van der Waals surface area contributed by atoms with Gasteiger partial charge in [-0.05, 0) is 12.8 Å². The molecule has 2 aliphatic carbocycles. The summed E-state index contributed by atoms with van der Waals surface area (Å²) in [6.45, 7) is 0. The molecule has 0 aromatic carbocycles. The van der Waals surface area contributed by atoms with Crippen LogP contribution in [0, 0.1) is 11.3 Å². The molecule has 1 atom stereocenters. The average molecular weight is 179 g/mol. The lowest BCUT2D eigenvalue weighted by Crippen LogP contribution is -2.35. The van der Waals surface area contributed by atoms with Gasteiger partial charge in [0.25, 0.3) is 0 Å². The van der Waals surface area contributed by atoms with Crippen LogP contribution >= 0.6 is 11.6 Å². The Hall–Kier alpha value is -0.310. The number of hydrogen-bond acceptors (Lipinski definition) is 1. The molecule has 11 heavy (non-hydrogen) atoms. The van der Waals surface area contributed by atoms with Crippen LogP contribution in [-0.4, -0.2) is 16.2 Å². The number of halogens is 2. The van der Waals surface area contributed by atoms with Crippen molar-refractivity contribution in [2.45, 2.75) is 24.4 Å². The van der Waals surface area contributed by atoms with E-state index in [4.69, 9.17) is 16.7 Å². The molecular formula is C7H8ClFO2. The van der Waals surface area contributed by atoms with Gasteiger partial charge in [-0.25, -0.2) is 4.39 Å². The van der Waals surface area contributed by atoms with Crippen molar-refractivity contribution in [2.75, 3.05) is 0 Å². The molecule has 2 aliphatic rings. The molecule has 0 amide bonds. The molecule has 0 radical (unpaired) electrons. The van der Waals surface area contributed by atoms with E-state index in [1.54, 1.807) is 0 Å². The number of carboxylic acid groups (broad SMARTS) is 1. The first kappa shape index (κ1) is 7.35. The molecule has 0 saturated heterocycles. The van der Waals surface area contributed by atoms with Crippen LogP contribution in [-0.2, 0) is 4.79 Å². The Balaban J connectivity index is 1.95. The zero-order valence-electron chi connectivity index (χ0n) is 5.81. The second-order valence-corrected chi connectivity index (χ2v) is 4.20. The molecule has 0 heterocycles. The van der Waals surface area contributed by atoms with Gasteiger partial charge in [0, 0.05) is 11.8 Å². The molecule has 2 saturated carbocycles. The van der Waals surface area contributed by atoms with Gasteiger partial charge in [-0.2, -0.15) is 0 Å². The molecule has 1 spiro atoms. The minimum atomic E-state index is -1.58. The summed E-state index contributed by atoms with van der Waals surface area (Å²) in [5, 5.41) is 6.91. The summed E-state index contributed by atoms with van der Waals surface area (Å²) < 4.78 is 12.9. The summed E-state index contributed by atoms with van der Waals surface area (Å²) in [6.07, 6.45) is 1.18. The quantitative estimate of drug-likeness (QED) is 0.622.